The molecular weight excluding hydrogens is 533 g/mol. The highest BCUT2D eigenvalue weighted by Crippen LogP contribution is 2.44. The van der Waals surface area contributed by atoms with Gasteiger partial charge in [0.15, 0.2) is 0 Å². The van der Waals surface area contributed by atoms with Crippen LogP contribution in [-0.2, 0) is 6.18 Å². The molecule has 2 saturated heterocycles. The Balaban J connectivity index is 1.50. The van der Waals surface area contributed by atoms with E-state index in [0.29, 0.717) is 22.5 Å². The number of hydrogen-bond acceptors (Lipinski definition) is 4. The molecule has 3 heterocycles. The molecule has 4 nitrogen and oxygen atoms in total. The molecule has 42 heavy (non-hydrogen) atoms. The second-order valence-corrected chi connectivity index (χ2v) is 11.5. The van der Waals surface area contributed by atoms with E-state index in [1.165, 1.54) is 16.3 Å². The van der Waals surface area contributed by atoms with Crippen LogP contribution in [0.1, 0.15) is 54.6 Å². The Labute approximate surface area is 243 Å². The Morgan fingerprint density at radius 3 is 1.95 bits per heavy atom. The molecule has 0 aliphatic carbocycles. The normalized spacial score (nSPS) is 17.2. The highest BCUT2D eigenvalue weighted by atomic mass is 19.4. The highest BCUT2D eigenvalue weighted by Gasteiger charge is 2.36. The minimum atomic E-state index is -4.60. The Bertz CT molecular complexity index is 1740. The van der Waals surface area contributed by atoms with Gasteiger partial charge in [-0.05, 0) is 115 Å². The van der Waals surface area contributed by atoms with Gasteiger partial charge in [-0.1, -0.05) is 60.7 Å². The first kappa shape index (κ1) is 27.0. The first-order valence-electron chi connectivity index (χ1n) is 14.9. The van der Waals surface area contributed by atoms with E-state index in [4.69, 9.17) is 0 Å². The summed E-state index contributed by atoms with van der Waals surface area (Å²) >= 11 is 0. The minimum absolute atomic E-state index is 0.0522. The summed E-state index contributed by atoms with van der Waals surface area (Å²) in [7, 11) is 0. The lowest BCUT2D eigenvalue weighted by Gasteiger charge is -2.27. The minimum Gasteiger partial charge on any atom is -0.317 e. The van der Waals surface area contributed by atoms with Crippen LogP contribution >= 0.6 is 0 Å². The molecule has 1 aromatic heterocycles. The topological polar surface area (TPSA) is 49.8 Å². The second-order valence-electron chi connectivity index (χ2n) is 11.5. The molecule has 7 rings (SSSR count). The zero-order valence-corrected chi connectivity index (χ0v) is 23.3. The molecule has 0 bridgehead atoms. The molecular formula is C35H33F3N4. The number of fused-ring (bicyclic) bond motifs is 2. The fourth-order valence-corrected chi connectivity index (χ4v) is 6.87. The number of benzene rings is 4. The number of nitrogens with one attached hydrogen (secondary N) is 2. The van der Waals surface area contributed by atoms with Gasteiger partial charge in [0.25, 0.3) is 0 Å². The average molecular weight is 567 g/mol. The highest BCUT2D eigenvalue weighted by molar-refractivity contribution is 6.06. The molecule has 214 valence electrons. The molecule has 4 aromatic carbocycles. The predicted octanol–water partition coefficient (Wildman–Crippen LogP) is 8.07. The van der Waals surface area contributed by atoms with Gasteiger partial charge in [0.2, 0.25) is 5.82 Å². The average Bonchev–Trinajstić information content (AvgIpc) is 3.04. The molecule has 2 aliphatic rings. The zero-order chi connectivity index (χ0) is 28.7. The van der Waals surface area contributed by atoms with Crippen LogP contribution in [0.5, 0.6) is 0 Å². The fourth-order valence-electron chi connectivity index (χ4n) is 6.87. The van der Waals surface area contributed by atoms with Crippen LogP contribution in [0.15, 0.2) is 78.9 Å². The number of hydrogen-bond donors (Lipinski definition) is 2. The molecule has 0 amide bonds. The SMILES string of the molecule is FC(F)(F)c1nc(C2CCNCC2)c2cc(-c3cc(C4CCNCC4)c4ccccc4c3-c3ccccc3)ccc2n1. The second kappa shape index (κ2) is 11.1. The van der Waals surface area contributed by atoms with Gasteiger partial charge < -0.3 is 10.6 Å². The Kier molecular flexibility index (Phi) is 7.16. The van der Waals surface area contributed by atoms with Crippen molar-refractivity contribution < 1.29 is 13.2 Å². The molecule has 0 unspecified atom stereocenters. The standard InChI is InChI=1S/C35H33F3N4/c36-35(37,38)34-41-31-11-10-25(20-30(31)33(42-34)24-14-18-40-19-15-24)29-21-28(22-12-16-39-17-13-22)26-8-4-5-9-27(26)32(29)23-6-2-1-3-7-23/h1-11,20-22,24,39-40H,12-19H2. The van der Waals surface area contributed by atoms with Gasteiger partial charge >= 0.3 is 6.18 Å². The van der Waals surface area contributed by atoms with E-state index in [-0.39, 0.29) is 5.92 Å². The summed E-state index contributed by atoms with van der Waals surface area (Å²) in [6.07, 6.45) is -0.964. The van der Waals surface area contributed by atoms with Gasteiger partial charge in [0.1, 0.15) is 0 Å². The van der Waals surface area contributed by atoms with E-state index in [9.17, 15) is 13.2 Å². The van der Waals surface area contributed by atoms with Crippen molar-refractivity contribution in [1.82, 2.24) is 20.6 Å². The molecule has 5 aromatic rings. The molecule has 2 N–H and O–H groups in total. The maximum Gasteiger partial charge on any atom is 0.451 e. The van der Waals surface area contributed by atoms with Crippen molar-refractivity contribution >= 4 is 21.7 Å². The van der Waals surface area contributed by atoms with E-state index in [0.717, 1.165) is 74.1 Å². The lowest BCUT2D eigenvalue weighted by Crippen LogP contribution is -2.27. The molecule has 0 saturated carbocycles. The molecule has 7 heteroatoms. The van der Waals surface area contributed by atoms with E-state index in [1.807, 2.05) is 18.2 Å². The van der Waals surface area contributed by atoms with Gasteiger partial charge in [-0.2, -0.15) is 13.2 Å². The summed E-state index contributed by atoms with van der Waals surface area (Å²) in [6.45, 7) is 3.51. The van der Waals surface area contributed by atoms with Crippen LogP contribution in [0.2, 0.25) is 0 Å². The van der Waals surface area contributed by atoms with Crippen molar-refractivity contribution in [3.63, 3.8) is 0 Å². The monoisotopic (exact) mass is 566 g/mol. The van der Waals surface area contributed by atoms with Crippen molar-refractivity contribution in [2.24, 2.45) is 0 Å². The first-order chi connectivity index (χ1) is 20.5. The summed E-state index contributed by atoms with van der Waals surface area (Å²) in [5.41, 5.74) is 6.50. The lowest BCUT2D eigenvalue weighted by molar-refractivity contribution is -0.144. The largest absolute Gasteiger partial charge is 0.451 e. The summed E-state index contributed by atoms with van der Waals surface area (Å²) in [5, 5.41) is 9.98. The van der Waals surface area contributed by atoms with Gasteiger partial charge in [-0.25, -0.2) is 9.97 Å². The van der Waals surface area contributed by atoms with Crippen LogP contribution < -0.4 is 10.6 Å². The Morgan fingerprint density at radius 1 is 0.619 bits per heavy atom. The van der Waals surface area contributed by atoms with E-state index < -0.39 is 12.0 Å². The predicted molar refractivity (Wildman–Crippen MR) is 163 cm³/mol. The summed E-state index contributed by atoms with van der Waals surface area (Å²) in [5.74, 6) is -0.674. The third-order valence-corrected chi connectivity index (χ3v) is 8.93. The molecule has 2 aliphatic heterocycles. The van der Waals surface area contributed by atoms with Crippen molar-refractivity contribution in [1.29, 1.82) is 0 Å². The van der Waals surface area contributed by atoms with E-state index in [1.54, 1.807) is 6.07 Å². The molecule has 2 fully saturated rings. The van der Waals surface area contributed by atoms with Gasteiger partial charge in [0.05, 0.1) is 11.2 Å². The lowest BCUT2D eigenvalue weighted by atomic mass is 9.81. The molecule has 0 atom stereocenters. The zero-order valence-electron chi connectivity index (χ0n) is 23.3. The number of alkyl halides is 3. The van der Waals surface area contributed by atoms with Crippen LogP contribution in [0, 0.1) is 0 Å². The number of nitrogens with zero attached hydrogens (tertiary/aromatic N) is 2. The van der Waals surface area contributed by atoms with Crippen LogP contribution in [0.3, 0.4) is 0 Å². The molecule has 0 spiro atoms. The maximum atomic E-state index is 13.9. The van der Waals surface area contributed by atoms with Crippen LogP contribution in [0.4, 0.5) is 13.2 Å². The summed E-state index contributed by atoms with van der Waals surface area (Å²) < 4.78 is 41.6. The van der Waals surface area contributed by atoms with E-state index >= 15 is 0 Å². The fraction of sp³-hybridized carbons (Fsp3) is 0.314. The third-order valence-electron chi connectivity index (χ3n) is 8.93. The van der Waals surface area contributed by atoms with Gasteiger partial charge in [0, 0.05) is 11.3 Å². The van der Waals surface area contributed by atoms with Crippen molar-refractivity contribution in [2.75, 3.05) is 26.2 Å². The van der Waals surface area contributed by atoms with Crippen molar-refractivity contribution in [3.8, 4) is 22.3 Å². The third kappa shape index (κ3) is 5.05. The van der Waals surface area contributed by atoms with Crippen LogP contribution in [0.25, 0.3) is 43.9 Å². The smallest absolute Gasteiger partial charge is 0.317 e. The van der Waals surface area contributed by atoms with Crippen molar-refractivity contribution in [2.45, 2.75) is 43.7 Å². The number of piperidine rings is 2. The summed E-state index contributed by atoms with van der Waals surface area (Å²) in [6, 6.07) is 27.1. The summed E-state index contributed by atoms with van der Waals surface area (Å²) in [4.78, 5) is 8.18. The quantitative estimate of drug-likeness (QED) is 0.231. The Hall–Kier alpha value is -3.81. The van der Waals surface area contributed by atoms with Crippen LogP contribution in [-0.4, -0.2) is 36.1 Å². The number of rotatable bonds is 4. The first-order valence-corrected chi connectivity index (χ1v) is 14.9. The Morgan fingerprint density at radius 2 is 1.26 bits per heavy atom. The van der Waals surface area contributed by atoms with E-state index in [2.05, 4.69) is 75.2 Å². The van der Waals surface area contributed by atoms with Crippen molar-refractivity contribution in [3.05, 3.63) is 95.9 Å². The maximum absolute atomic E-state index is 13.9. The number of aromatic nitrogens is 2. The number of halogens is 3. The molecule has 0 radical (unpaired) electrons. The van der Waals surface area contributed by atoms with Gasteiger partial charge in [-0.15, -0.1) is 0 Å². The van der Waals surface area contributed by atoms with Gasteiger partial charge in [-0.3, -0.25) is 0 Å².